The van der Waals surface area contributed by atoms with Gasteiger partial charge >= 0.3 is 5.69 Å². The molecule has 0 radical (unpaired) electrons. The van der Waals surface area contributed by atoms with Crippen LogP contribution in [-0.2, 0) is 0 Å². The minimum atomic E-state index is -0.570. The van der Waals surface area contributed by atoms with Crippen LogP contribution in [0.25, 0.3) is 0 Å². The third kappa shape index (κ3) is 4.75. The number of halogens is 2. The Kier molecular flexibility index (Phi) is 7.14. The van der Waals surface area contributed by atoms with Gasteiger partial charge in [0.15, 0.2) is 5.75 Å². The predicted molar refractivity (Wildman–Crippen MR) is 91.2 cm³/mol. The minimum absolute atomic E-state index is 0.101. The van der Waals surface area contributed by atoms with Crippen molar-refractivity contribution in [1.82, 2.24) is 5.43 Å². The molecule has 0 bridgehead atoms. The van der Waals surface area contributed by atoms with Gasteiger partial charge in [0.25, 0.3) is 0 Å². The van der Waals surface area contributed by atoms with Crippen LogP contribution in [0.4, 0.5) is 10.1 Å². The molecule has 1 aromatic carbocycles. The molecule has 1 aromatic rings. The number of hydrogen-bond acceptors (Lipinski definition) is 5. The van der Waals surface area contributed by atoms with Gasteiger partial charge in [-0.3, -0.25) is 15.5 Å². The van der Waals surface area contributed by atoms with Crippen LogP contribution in [0, 0.1) is 10.1 Å². The van der Waals surface area contributed by atoms with E-state index in [9.17, 15) is 14.5 Å². The van der Waals surface area contributed by atoms with Crippen LogP contribution >= 0.6 is 15.9 Å². The SMILES string of the molecule is C=C/C=C(F)\C(=C/C)N/N=C/c1c(Br)ccc(OC)c1[N+](=O)[O-]. The molecule has 0 aromatic heterocycles. The third-order valence-electron chi connectivity index (χ3n) is 2.72. The molecule has 0 unspecified atom stereocenters. The molecule has 1 N–H and O–H groups in total. The molecule has 0 saturated carbocycles. The number of nitro benzene ring substituents is 1. The first-order chi connectivity index (χ1) is 11.0. The number of nitrogens with one attached hydrogen (secondary N) is 1. The molecule has 0 amide bonds. The molecule has 0 heterocycles. The van der Waals surface area contributed by atoms with Crippen molar-refractivity contribution in [2.75, 3.05) is 7.11 Å². The van der Waals surface area contributed by atoms with Gasteiger partial charge in [0.05, 0.1) is 29.5 Å². The Morgan fingerprint density at radius 3 is 2.78 bits per heavy atom. The highest BCUT2D eigenvalue weighted by Crippen LogP contribution is 2.34. The van der Waals surface area contributed by atoms with Crippen molar-refractivity contribution in [2.45, 2.75) is 6.92 Å². The summed E-state index contributed by atoms with van der Waals surface area (Å²) in [6.45, 7) is 5.03. The van der Waals surface area contributed by atoms with Gasteiger partial charge in [-0.1, -0.05) is 18.7 Å². The summed E-state index contributed by atoms with van der Waals surface area (Å²) >= 11 is 3.22. The lowest BCUT2D eigenvalue weighted by atomic mass is 10.2. The highest BCUT2D eigenvalue weighted by Gasteiger charge is 2.22. The molecule has 0 saturated heterocycles. The lowest BCUT2D eigenvalue weighted by Crippen LogP contribution is -2.07. The summed E-state index contributed by atoms with van der Waals surface area (Å²) in [6, 6.07) is 3.07. The van der Waals surface area contributed by atoms with Crippen molar-refractivity contribution in [3.63, 3.8) is 0 Å². The fourth-order valence-electron chi connectivity index (χ4n) is 1.65. The predicted octanol–water partition coefficient (Wildman–Crippen LogP) is 4.23. The molecule has 0 aliphatic rings. The standard InChI is InChI=1S/C15H15BrFN3O3/c1-4-6-12(17)13(5-2)19-18-9-10-11(16)7-8-14(23-3)15(10)20(21)22/h4-9,19H,1H2,2-3H3/b12-6+,13-5+,18-9+. The Morgan fingerprint density at radius 1 is 1.57 bits per heavy atom. The fraction of sp³-hybridized carbons (Fsp3) is 0.133. The second-order valence-corrected chi connectivity index (χ2v) is 4.95. The van der Waals surface area contributed by atoms with E-state index in [0.29, 0.717) is 4.47 Å². The average molecular weight is 384 g/mol. The molecule has 8 heteroatoms. The first kappa shape index (κ1) is 18.6. The average Bonchev–Trinajstić information content (AvgIpc) is 2.52. The number of nitrogens with zero attached hydrogens (tertiary/aromatic N) is 2. The van der Waals surface area contributed by atoms with E-state index in [1.165, 1.54) is 37.6 Å². The zero-order valence-corrected chi connectivity index (χ0v) is 14.1. The molecule has 0 atom stereocenters. The summed E-state index contributed by atoms with van der Waals surface area (Å²) in [5.41, 5.74) is 2.56. The molecule has 23 heavy (non-hydrogen) atoms. The smallest absolute Gasteiger partial charge is 0.320 e. The number of nitro groups is 1. The van der Waals surface area contributed by atoms with Crippen LogP contribution in [0.2, 0.25) is 0 Å². The molecule has 0 spiro atoms. The Bertz CT molecular complexity index is 699. The van der Waals surface area contributed by atoms with E-state index in [1.54, 1.807) is 13.0 Å². The number of ether oxygens (including phenoxy) is 1. The number of benzene rings is 1. The van der Waals surface area contributed by atoms with E-state index in [0.717, 1.165) is 0 Å². The maximum Gasteiger partial charge on any atom is 0.320 e. The maximum atomic E-state index is 13.6. The van der Waals surface area contributed by atoms with Crippen molar-refractivity contribution in [2.24, 2.45) is 5.10 Å². The Hall–Kier alpha value is -2.48. The van der Waals surface area contributed by atoms with Crippen molar-refractivity contribution in [3.05, 3.63) is 68.6 Å². The summed E-state index contributed by atoms with van der Waals surface area (Å²) in [7, 11) is 1.34. The number of hydrogen-bond donors (Lipinski definition) is 1. The lowest BCUT2D eigenvalue weighted by Gasteiger charge is -2.06. The van der Waals surface area contributed by atoms with E-state index in [2.05, 4.69) is 33.0 Å². The van der Waals surface area contributed by atoms with Crippen LogP contribution in [0.3, 0.4) is 0 Å². The minimum Gasteiger partial charge on any atom is -0.490 e. The molecule has 6 nitrogen and oxygen atoms in total. The third-order valence-corrected chi connectivity index (χ3v) is 3.41. The van der Waals surface area contributed by atoms with Crippen LogP contribution in [0.15, 0.2) is 58.0 Å². The second kappa shape index (κ2) is 8.84. The Balaban J connectivity index is 3.16. The van der Waals surface area contributed by atoms with Gasteiger partial charge in [-0.25, -0.2) is 4.39 Å². The Morgan fingerprint density at radius 2 is 2.26 bits per heavy atom. The number of rotatable bonds is 7. The van der Waals surface area contributed by atoms with E-state index < -0.39 is 10.8 Å². The molecule has 0 fully saturated rings. The molecule has 1 rings (SSSR count). The molecular formula is C15H15BrFN3O3. The van der Waals surface area contributed by atoms with Crippen LogP contribution in [-0.4, -0.2) is 18.2 Å². The van der Waals surface area contributed by atoms with Gasteiger partial charge in [0.2, 0.25) is 0 Å². The number of methoxy groups -OCH3 is 1. The van der Waals surface area contributed by atoms with E-state index in [1.807, 2.05) is 0 Å². The van der Waals surface area contributed by atoms with E-state index >= 15 is 0 Å². The summed E-state index contributed by atoms with van der Waals surface area (Å²) in [5, 5.41) is 15.1. The lowest BCUT2D eigenvalue weighted by molar-refractivity contribution is -0.385. The zero-order valence-electron chi connectivity index (χ0n) is 12.5. The summed E-state index contributed by atoms with van der Waals surface area (Å²) < 4.78 is 19.1. The van der Waals surface area contributed by atoms with Crippen molar-refractivity contribution < 1.29 is 14.1 Å². The van der Waals surface area contributed by atoms with Crippen molar-refractivity contribution in [1.29, 1.82) is 0 Å². The molecular weight excluding hydrogens is 369 g/mol. The quantitative estimate of drug-likeness (QED) is 0.330. The van der Waals surface area contributed by atoms with Gasteiger partial charge in [0, 0.05) is 4.47 Å². The van der Waals surface area contributed by atoms with Crippen LogP contribution in [0.5, 0.6) is 5.75 Å². The van der Waals surface area contributed by atoms with Gasteiger partial charge in [-0.2, -0.15) is 5.10 Å². The van der Waals surface area contributed by atoms with Gasteiger partial charge in [0.1, 0.15) is 5.83 Å². The van der Waals surface area contributed by atoms with Crippen LogP contribution < -0.4 is 10.2 Å². The fourth-order valence-corrected chi connectivity index (χ4v) is 2.08. The van der Waals surface area contributed by atoms with Gasteiger partial charge < -0.3 is 4.74 Å². The summed E-state index contributed by atoms with van der Waals surface area (Å²) in [5.74, 6) is -0.456. The highest BCUT2D eigenvalue weighted by atomic mass is 79.9. The number of hydrazone groups is 1. The normalized spacial score (nSPS) is 12.3. The zero-order chi connectivity index (χ0) is 17.4. The largest absolute Gasteiger partial charge is 0.490 e. The van der Waals surface area contributed by atoms with E-state index in [-0.39, 0.29) is 22.7 Å². The van der Waals surface area contributed by atoms with Crippen LogP contribution in [0.1, 0.15) is 12.5 Å². The maximum absolute atomic E-state index is 13.6. The summed E-state index contributed by atoms with van der Waals surface area (Å²) in [4.78, 5) is 10.7. The number of allylic oxidation sites excluding steroid dienone is 4. The molecule has 0 aliphatic carbocycles. The topological polar surface area (TPSA) is 76.8 Å². The van der Waals surface area contributed by atoms with Crippen molar-refractivity contribution >= 4 is 27.8 Å². The van der Waals surface area contributed by atoms with Gasteiger partial charge in [-0.15, -0.1) is 0 Å². The monoisotopic (exact) mass is 383 g/mol. The van der Waals surface area contributed by atoms with E-state index in [4.69, 9.17) is 4.74 Å². The Labute approximate surface area is 141 Å². The second-order valence-electron chi connectivity index (χ2n) is 4.09. The van der Waals surface area contributed by atoms with Gasteiger partial charge in [-0.05, 0) is 41.1 Å². The first-order valence-electron chi connectivity index (χ1n) is 6.41. The van der Waals surface area contributed by atoms with Crippen molar-refractivity contribution in [3.8, 4) is 5.75 Å². The molecule has 0 aliphatic heterocycles. The molecule has 122 valence electrons. The first-order valence-corrected chi connectivity index (χ1v) is 7.20. The summed E-state index contributed by atoms with van der Waals surface area (Å²) in [6.07, 6.45) is 5.16. The highest BCUT2D eigenvalue weighted by molar-refractivity contribution is 9.10.